The van der Waals surface area contributed by atoms with E-state index in [2.05, 4.69) is 43.1 Å². The molecule has 4 nitrogen and oxygen atoms in total. The Kier molecular flexibility index (Phi) is 5.01. The Bertz CT molecular complexity index is 1100. The Morgan fingerprint density at radius 2 is 1.68 bits per heavy atom. The highest BCUT2D eigenvalue weighted by atomic mass is 32.1. The number of ether oxygens (including phenoxy) is 1. The summed E-state index contributed by atoms with van der Waals surface area (Å²) in [6.07, 6.45) is 0. The second-order valence-corrected chi connectivity index (χ2v) is 7.86. The number of rotatable bonds is 5. The third-order valence-electron chi connectivity index (χ3n) is 4.74. The normalized spacial score (nSPS) is 11.0. The summed E-state index contributed by atoms with van der Waals surface area (Å²) >= 11 is 1.72. The maximum Gasteiger partial charge on any atom is 0.145 e. The maximum absolute atomic E-state index is 5.60. The van der Waals surface area contributed by atoms with Gasteiger partial charge in [-0.2, -0.15) is 0 Å². The number of hydrogen-bond donors (Lipinski definition) is 0. The van der Waals surface area contributed by atoms with Crippen molar-refractivity contribution >= 4 is 33.1 Å². The van der Waals surface area contributed by atoms with Crippen molar-refractivity contribution < 1.29 is 4.74 Å². The van der Waals surface area contributed by atoms with E-state index in [0.29, 0.717) is 6.61 Å². The van der Waals surface area contributed by atoms with Gasteiger partial charge in [0, 0.05) is 23.2 Å². The number of fused-ring (bicyclic) bond motifs is 1. The molecule has 0 aliphatic carbocycles. The summed E-state index contributed by atoms with van der Waals surface area (Å²) in [5.41, 5.74) is 3.45. The fourth-order valence-corrected chi connectivity index (χ4v) is 4.53. The first-order valence-electron chi connectivity index (χ1n) is 9.38. The van der Waals surface area contributed by atoms with E-state index in [9.17, 15) is 0 Å². The molecule has 5 heteroatoms. The summed E-state index contributed by atoms with van der Waals surface area (Å²) in [6, 6.07) is 18.6. The number of aryl methyl sites for hydroxylation is 2. The van der Waals surface area contributed by atoms with Crippen molar-refractivity contribution in [3.63, 3.8) is 0 Å². The Morgan fingerprint density at radius 3 is 2.36 bits per heavy atom. The predicted molar refractivity (Wildman–Crippen MR) is 118 cm³/mol. The Hall–Kier alpha value is -2.92. The van der Waals surface area contributed by atoms with Gasteiger partial charge in [0.2, 0.25) is 0 Å². The molecule has 2 aromatic heterocycles. The topological polar surface area (TPSA) is 38.3 Å². The first-order chi connectivity index (χ1) is 13.6. The lowest BCUT2D eigenvalue weighted by atomic mass is 10.0. The molecular weight excluding hydrogens is 366 g/mol. The predicted octanol–water partition coefficient (Wildman–Crippen LogP) is 6.14. The second kappa shape index (κ2) is 7.60. The van der Waals surface area contributed by atoms with Crippen LogP contribution in [0.3, 0.4) is 0 Å². The summed E-state index contributed by atoms with van der Waals surface area (Å²) < 4.78 is 5.60. The first-order valence-corrected chi connectivity index (χ1v) is 10.2. The van der Waals surface area contributed by atoms with E-state index in [0.717, 1.165) is 38.9 Å². The lowest BCUT2D eigenvalue weighted by Gasteiger charge is -2.20. The fourth-order valence-electron chi connectivity index (χ4n) is 3.45. The zero-order chi connectivity index (χ0) is 19.7. The summed E-state index contributed by atoms with van der Waals surface area (Å²) in [4.78, 5) is 13.9. The van der Waals surface area contributed by atoms with Gasteiger partial charge in [0.25, 0.3) is 0 Å². The maximum atomic E-state index is 5.60. The quantitative estimate of drug-likeness (QED) is 0.411. The molecule has 0 bridgehead atoms. The number of aromatic nitrogens is 2. The third kappa shape index (κ3) is 3.34. The molecule has 4 rings (SSSR count). The molecule has 0 fully saturated rings. The highest BCUT2D eigenvalue weighted by Gasteiger charge is 2.20. The van der Waals surface area contributed by atoms with E-state index < -0.39 is 0 Å². The minimum absolute atomic E-state index is 0.666. The van der Waals surface area contributed by atoms with Crippen molar-refractivity contribution in [2.75, 3.05) is 18.6 Å². The van der Waals surface area contributed by atoms with Crippen molar-refractivity contribution in [2.45, 2.75) is 20.8 Å². The molecule has 0 N–H and O–H groups in total. The SMILES string of the molecule is CCOc1ccc(-c2c(C)sc3nc(C)nc(N(C)c4ccccc4)c23)cc1. The Morgan fingerprint density at radius 1 is 0.964 bits per heavy atom. The molecule has 0 saturated heterocycles. The van der Waals surface area contributed by atoms with E-state index in [4.69, 9.17) is 14.7 Å². The van der Waals surface area contributed by atoms with Crippen LogP contribution in [0.2, 0.25) is 0 Å². The minimum Gasteiger partial charge on any atom is -0.494 e. The Balaban J connectivity index is 1.91. The van der Waals surface area contributed by atoms with Gasteiger partial charge in [-0.3, -0.25) is 0 Å². The number of nitrogens with zero attached hydrogens (tertiary/aromatic N) is 3. The number of anilines is 2. The van der Waals surface area contributed by atoms with Gasteiger partial charge in [-0.25, -0.2) is 9.97 Å². The van der Waals surface area contributed by atoms with Crippen molar-refractivity contribution in [2.24, 2.45) is 0 Å². The van der Waals surface area contributed by atoms with Crippen molar-refractivity contribution in [1.29, 1.82) is 0 Å². The first kappa shape index (κ1) is 18.4. The molecule has 0 saturated carbocycles. The summed E-state index contributed by atoms with van der Waals surface area (Å²) in [5, 5.41) is 1.10. The van der Waals surface area contributed by atoms with E-state index in [1.807, 2.05) is 44.2 Å². The summed E-state index contributed by atoms with van der Waals surface area (Å²) in [6.45, 7) is 6.77. The van der Waals surface area contributed by atoms with Gasteiger partial charge < -0.3 is 9.64 Å². The smallest absolute Gasteiger partial charge is 0.145 e. The van der Waals surface area contributed by atoms with Crippen LogP contribution in [0.5, 0.6) is 5.75 Å². The molecule has 2 aromatic carbocycles. The van der Waals surface area contributed by atoms with Crippen LogP contribution in [0.1, 0.15) is 17.6 Å². The van der Waals surface area contributed by atoms with Crippen molar-refractivity contribution in [1.82, 2.24) is 9.97 Å². The number of hydrogen-bond acceptors (Lipinski definition) is 5. The third-order valence-corrected chi connectivity index (χ3v) is 5.73. The van der Waals surface area contributed by atoms with Crippen LogP contribution >= 0.6 is 11.3 Å². The van der Waals surface area contributed by atoms with Crippen LogP contribution in [0, 0.1) is 13.8 Å². The van der Waals surface area contributed by atoms with Gasteiger partial charge in [0.1, 0.15) is 22.2 Å². The lowest BCUT2D eigenvalue weighted by Crippen LogP contribution is -2.12. The molecule has 0 radical (unpaired) electrons. The van der Waals surface area contributed by atoms with Crippen LogP contribution in [-0.4, -0.2) is 23.6 Å². The summed E-state index contributed by atoms with van der Waals surface area (Å²) in [7, 11) is 2.06. The van der Waals surface area contributed by atoms with Crippen molar-refractivity contribution in [3.05, 3.63) is 65.3 Å². The van der Waals surface area contributed by atoms with E-state index >= 15 is 0 Å². The van der Waals surface area contributed by atoms with Gasteiger partial charge in [-0.05, 0) is 50.6 Å². The molecule has 0 aliphatic heterocycles. The monoisotopic (exact) mass is 389 g/mol. The van der Waals surface area contributed by atoms with Gasteiger partial charge in [-0.15, -0.1) is 11.3 Å². The average Bonchev–Trinajstić information content (AvgIpc) is 3.04. The zero-order valence-electron chi connectivity index (χ0n) is 16.6. The second-order valence-electron chi connectivity index (χ2n) is 6.66. The number of para-hydroxylation sites is 1. The fraction of sp³-hybridized carbons (Fsp3) is 0.217. The van der Waals surface area contributed by atoms with Gasteiger partial charge in [0.15, 0.2) is 0 Å². The molecule has 142 valence electrons. The minimum atomic E-state index is 0.666. The molecule has 0 spiro atoms. The standard InChI is InChI=1S/C23H23N3OS/c1-5-27-19-13-11-17(12-14-19)20-15(2)28-23-21(20)22(24-16(3)25-23)26(4)18-9-7-6-8-10-18/h6-14H,5H2,1-4H3. The van der Waals surface area contributed by atoms with Crippen LogP contribution in [0.15, 0.2) is 54.6 Å². The van der Waals surface area contributed by atoms with E-state index in [1.165, 1.54) is 10.4 Å². The highest BCUT2D eigenvalue weighted by molar-refractivity contribution is 7.19. The molecular formula is C23H23N3OS. The molecule has 0 aliphatic rings. The van der Waals surface area contributed by atoms with Crippen LogP contribution in [0.25, 0.3) is 21.3 Å². The zero-order valence-corrected chi connectivity index (χ0v) is 17.4. The molecule has 0 amide bonds. The van der Waals surface area contributed by atoms with Crippen LogP contribution < -0.4 is 9.64 Å². The van der Waals surface area contributed by atoms with Gasteiger partial charge >= 0.3 is 0 Å². The van der Waals surface area contributed by atoms with Crippen LogP contribution in [0.4, 0.5) is 11.5 Å². The number of benzene rings is 2. The van der Waals surface area contributed by atoms with Gasteiger partial charge in [0.05, 0.1) is 12.0 Å². The summed E-state index contributed by atoms with van der Waals surface area (Å²) in [5.74, 6) is 2.60. The molecule has 4 aromatic rings. The molecule has 2 heterocycles. The molecule has 0 unspecified atom stereocenters. The van der Waals surface area contributed by atoms with Crippen LogP contribution in [-0.2, 0) is 0 Å². The van der Waals surface area contributed by atoms with E-state index in [-0.39, 0.29) is 0 Å². The number of thiophene rings is 1. The largest absolute Gasteiger partial charge is 0.494 e. The van der Waals surface area contributed by atoms with E-state index in [1.54, 1.807) is 11.3 Å². The van der Waals surface area contributed by atoms with Crippen molar-refractivity contribution in [3.8, 4) is 16.9 Å². The Labute approximate surface area is 169 Å². The molecule has 0 atom stereocenters. The van der Waals surface area contributed by atoms with Gasteiger partial charge in [-0.1, -0.05) is 30.3 Å². The molecule has 28 heavy (non-hydrogen) atoms. The average molecular weight is 390 g/mol. The highest BCUT2D eigenvalue weighted by Crippen LogP contribution is 2.43. The lowest BCUT2D eigenvalue weighted by molar-refractivity contribution is 0.340.